The smallest absolute Gasteiger partial charge is 0.369 e. The van der Waals surface area contributed by atoms with E-state index < -0.39 is 21.8 Å². The number of piperazine rings is 1. The zero-order valence-corrected chi connectivity index (χ0v) is 15.2. The summed E-state index contributed by atoms with van der Waals surface area (Å²) in [5, 5.41) is 0.443. The van der Waals surface area contributed by atoms with Crippen LogP contribution in [0.1, 0.15) is 5.56 Å². The van der Waals surface area contributed by atoms with Crippen LogP contribution in [0.3, 0.4) is 0 Å². The summed E-state index contributed by atoms with van der Waals surface area (Å²) in [5.74, 6) is 0. The summed E-state index contributed by atoms with van der Waals surface area (Å²) >= 11 is 5.78. The average Bonchev–Trinajstić information content (AvgIpc) is 2.62. The SMILES string of the molecule is O=S(=O)(c1ccc(Cl)cc1)N1CCN(c2cccc(C(F)(F)F)c2)CC1. The molecule has 1 aliphatic rings. The summed E-state index contributed by atoms with van der Waals surface area (Å²) in [4.78, 5) is 1.90. The van der Waals surface area contributed by atoms with Crippen molar-refractivity contribution in [3.63, 3.8) is 0 Å². The molecule has 0 atom stereocenters. The van der Waals surface area contributed by atoms with Crippen molar-refractivity contribution in [2.45, 2.75) is 11.1 Å². The first-order chi connectivity index (χ1) is 12.2. The quantitative estimate of drug-likeness (QED) is 0.779. The third kappa shape index (κ3) is 3.97. The number of anilines is 1. The number of benzene rings is 2. The van der Waals surface area contributed by atoms with Crippen LogP contribution in [0.15, 0.2) is 53.4 Å². The number of sulfonamides is 1. The van der Waals surface area contributed by atoms with Gasteiger partial charge in [-0.3, -0.25) is 0 Å². The van der Waals surface area contributed by atoms with E-state index >= 15 is 0 Å². The molecular weight excluding hydrogens is 389 g/mol. The Bertz CT molecular complexity index is 878. The van der Waals surface area contributed by atoms with E-state index in [0.29, 0.717) is 23.8 Å². The van der Waals surface area contributed by atoms with Gasteiger partial charge in [-0.25, -0.2) is 8.42 Å². The van der Waals surface area contributed by atoms with Crippen LogP contribution in [-0.4, -0.2) is 38.9 Å². The molecule has 4 nitrogen and oxygen atoms in total. The van der Waals surface area contributed by atoms with Crippen LogP contribution >= 0.6 is 11.6 Å². The lowest BCUT2D eigenvalue weighted by atomic mass is 10.1. The zero-order chi connectivity index (χ0) is 18.9. The number of hydrogen-bond acceptors (Lipinski definition) is 3. The lowest BCUT2D eigenvalue weighted by Gasteiger charge is -2.35. The molecule has 0 amide bonds. The predicted molar refractivity (Wildman–Crippen MR) is 93.9 cm³/mol. The lowest BCUT2D eigenvalue weighted by molar-refractivity contribution is -0.137. The van der Waals surface area contributed by atoms with Gasteiger partial charge in [-0.15, -0.1) is 0 Å². The van der Waals surface area contributed by atoms with Crippen molar-refractivity contribution in [1.29, 1.82) is 0 Å². The first kappa shape index (κ1) is 19.0. The van der Waals surface area contributed by atoms with Gasteiger partial charge in [-0.1, -0.05) is 17.7 Å². The first-order valence-corrected chi connectivity index (χ1v) is 9.68. The molecule has 1 saturated heterocycles. The van der Waals surface area contributed by atoms with Gasteiger partial charge in [0.2, 0.25) is 10.0 Å². The number of halogens is 4. The van der Waals surface area contributed by atoms with Gasteiger partial charge in [0.05, 0.1) is 10.5 Å². The molecule has 0 aromatic heterocycles. The van der Waals surface area contributed by atoms with Gasteiger partial charge in [0.25, 0.3) is 0 Å². The Morgan fingerprint density at radius 1 is 0.923 bits per heavy atom. The Morgan fingerprint density at radius 3 is 2.12 bits per heavy atom. The minimum Gasteiger partial charge on any atom is -0.369 e. The Morgan fingerprint density at radius 2 is 1.54 bits per heavy atom. The van der Waals surface area contributed by atoms with Gasteiger partial charge in [0.1, 0.15) is 0 Å². The van der Waals surface area contributed by atoms with Gasteiger partial charge < -0.3 is 4.90 Å². The molecule has 3 rings (SSSR count). The van der Waals surface area contributed by atoms with Gasteiger partial charge in [-0.2, -0.15) is 17.5 Å². The van der Waals surface area contributed by atoms with Gasteiger partial charge in [0, 0.05) is 36.9 Å². The molecule has 0 bridgehead atoms. The van der Waals surface area contributed by atoms with E-state index in [1.807, 2.05) is 0 Å². The molecule has 0 aliphatic carbocycles. The first-order valence-electron chi connectivity index (χ1n) is 7.86. The van der Waals surface area contributed by atoms with Crippen LogP contribution in [-0.2, 0) is 16.2 Å². The lowest BCUT2D eigenvalue weighted by Crippen LogP contribution is -2.48. The molecule has 1 fully saturated rings. The number of nitrogens with zero attached hydrogens (tertiary/aromatic N) is 2. The zero-order valence-electron chi connectivity index (χ0n) is 13.6. The average molecular weight is 405 g/mol. The van der Waals surface area contributed by atoms with Crippen LogP contribution in [0.2, 0.25) is 5.02 Å². The van der Waals surface area contributed by atoms with Crippen LogP contribution in [0.5, 0.6) is 0 Å². The van der Waals surface area contributed by atoms with Crippen LogP contribution in [0.25, 0.3) is 0 Å². The molecule has 1 heterocycles. The van der Waals surface area contributed by atoms with Crippen molar-refractivity contribution >= 4 is 27.3 Å². The van der Waals surface area contributed by atoms with E-state index in [1.165, 1.54) is 34.6 Å². The van der Waals surface area contributed by atoms with Crippen molar-refractivity contribution in [1.82, 2.24) is 4.31 Å². The monoisotopic (exact) mass is 404 g/mol. The molecule has 2 aromatic carbocycles. The summed E-state index contributed by atoms with van der Waals surface area (Å²) in [7, 11) is -3.65. The normalized spacial score (nSPS) is 16.7. The highest BCUT2D eigenvalue weighted by atomic mass is 35.5. The third-order valence-electron chi connectivity index (χ3n) is 4.23. The van der Waals surface area contributed by atoms with Crippen LogP contribution in [0.4, 0.5) is 18.9 Å². The fraction of sp³-hybridized carbons (Fsp3) is 0.294. The van der Waals surface area contributed by atoms with Crippen LogP contribution < -0.4 is 4.90 Å². The second-order valence-electron chi connectivity index (χ2n) is 5.89. The van der Waals surface area contributed by atoms with E-state index in [1.54, 1.807) is 11.0 Å². The number of rotatable bonds is 3. The molecule has 0 radical (unpaired) electrons. The molecule has 26 heavy (non-hydrogen) atoms. The molecular formula is C17H16ClF3N2O2S. The molecule has 9 heteroatoms. The summed E-state index contributed by atoms with van der Waals surface area (Å²) in [6.07, 6.45) is -4.41. The molecule has 0 saturated carbocycles. The largest absolute Gasteiger partial charge is 0.416 e. The van der Waals surface area contributed by atoms with Gasteiger partial charge in [-0.05, 0) is 42.5 Å². The Kier molecular flexibility index (Phi) is 5.18. The molecule has 1 aliphatic heterocycles. The summed E-state index contributed by atoms with van der Waals surface area (Å²) < 4.78 is 65.2. The van der Waals surface area contributed by atoms with Crippen molar-refractivity contribution in [3.8, 4) is 0 Å². The maximum absolute atomic E-state index is 12.9. The van der Waals surface area contributed by atoms with Crippen molar-refractivity contribution < 1.29 is 21.6 Å². The number of alkyl halides is 3. The Labute approximate surface area is 154 Å². The van der Waals surface area contributed by atoms with E-state index in [-0.39, 0.29) is 18.0 Å². The molecule has 0 unspecified atom stereocenters. The van der Waals surface area contributed by atoms with E-state index in [4.69, 9.17) is 11.6 Å². The fourth-order valence-corrected chi connectivity index (χ4v) is 4.37. The van der Waals surface area contributed by atoms with Gasteiger partial charge >= 0.3 is 6.18 Å². The van der Waals surface area contributed by atoms with Crippen molar-refractivity contribution in [3.05, 3.63) is 59.1 Å². The van der Waals surface area contributed by atoms with Gasteiger partial charge in [0.15, 0.2) is 0 Å². The van der Waals surface area contributed by atoms with E-state index in [2.05, 4.69) is 0 Å². The maximum Gasteiger partial charge on any atom is 0.416 e. The predicted octanol–water partition coefficient (Wildman–Crippen LogP) is 3.87. The van der Waals surface area contributed by atoms with Crippen molar-refractivity contribution in [2.75, 3.05) is 31.1 Å². The highest BCUT2D eigenvalue weighted by Crippen LogP contribution is 2.32. The minimum absolute atomic E-state index is 0.148. The molecule has 0 spiro atoms. The second kappa shape index (κ2) is 7.09. The summed E-state index contributed by atoms with van der Waals surface area (Å²) in [5.41, 5.74) is -0.283. The Hall–Kier alpha value is -1.77. The van der Waals surface area contributed by atoms with E-state index in [9.17, 15) is 21.6 Å². The van der Waals surface area contributed by atoms with E-state index in [0.717, 1.165) is 12.1 Å². The highest BCUT2D eigenvalue weighted by Gasteiger charge is 2.32. The Balaban J connectivity index is 1.72. The third-order valence-corrected chi connectivity index (χ3v) is 6.39. The minimum atomic E-state index is -4.41. The van der Waals surface area contributed by atoms with Crippen molar-refractivity contribution in [2.24, 2.45) is 0 Å². The molecule has 2 aromatic rings. The second-order valence-corrected chi connectivity index (χ2v) is 8.27. The molecule has 0 N–H and O–H groups in total. The standard InChI is InChI=1S/C17H16ClF3N2O2S/c18-14-4-6-16(7-5-14)26(24,25)23-10-8-22(9-11-23)15-3-1-2-13(12-15)17(19,20)21/h1-7,12H,8-11H2. The number of hydrogen-bond donors (Lipinski definition) is 0. The summed E-state index contributed by atoms with van der Waals surface area (Å²) in [6, 6.07) is 11.0. The molecule has 140 valence electrons. The highest BCUT2D eigenvalue weighted by molar-refractivity contribution is 7.89. The van der Waals surface area contributed by atoms with Crippen LogP contribution in [0, 0.1) is 0 Å². The maximum atomic E-state index is 12.9. The topological polar surface area (TPSA) is 40.6 Å². The summed E-state index contributed by atoms with van der Waals surface area (Å²) in [6.45, 7) is 1.02. The fourth-order valence-electron chi connectivity index (χ4n) is 2.82.